The number of unbranched alkanes of at least 4 members (excludes halogenated alkanes) is 1. The largest absolute Gasteiger partial charge is 1.00 e. The zero-order valence-electron chi connectivity index (χ0n) is 9.79. The Morgan fingerprint density at radius 1 is 1.29 bits per heavy atom. The first-order valence-electron chi connectivity index (χ1n) is 4.36. The van der Waals surface area contributed by atoms with Crippen LogP contribution in [0.3, 0.4) is 0 Å². The average molecular weight is 278 g/mol. The summed E-state index contributed by atoms with van der Waals surface area (Å²) in [5.41, 5.74) is 0. The van der Waals surface area contributed by atoms with Crippen LogP contribution in [0.2, 0.25) is 0 Å². The Bertz CT molecular complexity index is 323. The van der Waals surface area contributed by atoms with Gasteiger partial charge in [-0.15, -0.1) is 0 Å². The summed E-state index contributed by atoms with van der Waals surface area (Å²) in [7, 11) is -4.84. The van der Waals surface area contributed by atoms with Crippen LogP contribution in [0.25, 0.3) is 0 Å². The number of hydrogen-bond donors (Lipinski definition) is 3. The Morgan fingerprint density at radius 2 is 1.65 bits per heavy atom. The maximum Gasteiger partial charge on any atom is 1.00 e. The fourth-order valence-corrected chi connectivity index (χ4v) is 1.09. The van der Waals surface area contributed by atoms with Crippen molar-refractivity contribution in [2.45, 2.75) is 31.4 Å². The minimum absolute atomic E-state index is 0. The molecule has 0 aliphatic rings. The summed E-state index contributed by atoms with van der Waals surface area (Å²) in [5.74, 6) is -3.50. The van der Waals surface area contributed by atoms with Crippen LogP contribution in [0.5, 0.6) is 0 Å². The smallest absolute Gasteiger partial charge is 0.481 e. The molecular formula is C8H15NaO7S. The summed E-state index contributed by atoms with van der Waals surface area (Å²) in [6.45, 7) is 5.72. The van der Waals surface area contributed by atoms with E-state index in [4.69, 9.17) is 14.8 Å². The minimum atomic E-state index is -4.84. The van der Waals surface area contributed by atoms with Gasteiger partial charge in [-0.05, 0) is 0 Å². The molecule has 96 valence electrons. The molecule has 0 aliphatic carbocycles. The molecule has 0 aliphatic heterocycles. The molecule has 0 rings (SSSR count). The van der Waals surface area contributed by atoms with E-state index < -0.39 is 33.7 Å². The number of carboxylic acids is 2. The molecule has 0 aromatic carbocycles. The predicted octanol–water partition coefficient (Wildman–Crippen LogP) is -2.57. The van der Waals surface area contributed by atoms with E-state index in [1.165, 1.54) is 6.42 Å². The molecular weight excluding hydrogens is 263 g/mol. The summed E-state index contributed by atoms with van der Waals surface area (Å²) in [6.07, 6.45) is 1.12. The molecule has 1 unspecified atom stereocenters. The predicted molar refractivity (Wildman–Crippen MR) is 55.5 cm³/mol. The van der Waals surface area contributed by atoms with Crippen molar-refractivity contribution in [2.75, 3.05) is 0 Å². The minimum Gasteiger partial charge on any atom is -0.481 e. The van der Waals surface area contributed by atoms with Crippen LogP contribution < -0.4 is 29.6 Å². The van der Waals surface area contributed by atoms with E-state index in [1.54, 1.807) is 0 Å². The topological polar surface area (TPSA) is 129 Å². The summed E-state index contributed by atoms with van der Waals surface area (Å²) in [4.78, 5) is 20.0. The fourth-order valence-electron chi connectivity index (χ4n) is 0.479. The standard InChI is InChI=1S/C4H6O7S.C4H9.Na/c5-3(6)1-2(4(7)8)12(9,10)11;1-3-4-2;/h2H,1H2,(H,5,6)(H,7,8)(H,9,10,11);1,3-4H2,2H3;/q;-1;+1. The van der Waals surface area contributed by atoms with Gasteiger partial charge in [0.05, 0.1) is 6.42 Å². The van der Waals surface area contributed by atoms with Crippen molar-refractivity contribution >= 4 is 22.1 Å². The Hall–Kier alpha value is -0.150. The molecule has 0 aromatic heterocycles. The zero-order chi connectivity index (χ0) is 13.4. The Balaban J connectivity index is -0.000000340. The molecule has 0 heterocycles. The van der Waals surface area contributed by atoms with Gasteiger partial charge in [-0.2, -0.15) is 14.8 Å². The Morgan fingerprint density at radius 3 is 1.71 bits per heavy atom. The maximum atomic E-state index is 10.2. The van der Waals surface area contributed by atoms with Gasteiger partial charge in [-0.25, -0.2) is 0 Å². The third-order valence-electron chi connectivity index (χ3n) is 1.35. The molecule has 0 bridgehead atoms. The van der Waals surface area contributed by atoms with Crippen molar-refractivity contribution < 1.29 is 62.3 Å². The van der Waals surface area contributed by atoms with Gasteiger partial charge in [0.25, 0.3) is 10.1 Å². The van der Waals surface area contributed by atoms with Crippen LogP contribution >= 0.6 is 0 Å². The molecule has 0 aromatic rings. The maximum absolute atomic E-state index is 10.2. The number of carbonyl (C=O) groups is 2. The normalized spacial score (nSPS) is 11.5. The van der Waals surface area contributed by atoms with E-state index in [0.717, 1.165) is 6.42 Å². The van der Waals surface area contributed by atoms with E-state index >= 15 is 0 Å². The summed E-state index contributed by atoms with van der Waals surface area (Å²) >= 11 is 0. The van der Waals surface area contributed by atoms with E-state index in [-0.39, 0.29) is 29.6 Å². The molecule has 0 amide bonds. The van der Waals surface area contributed by atoms with Gasteiger partial charge >= 0.3 is 41.5 Å². The monoisotopic (exact) mass is 278 g/mol. The molecule has 3 N–H and O–H groups in total. The van der Waals surface area contributed by atoms with E-state index in [9.17, 15) is 18.0 Å². The molecule has 0 fully saturated rings. The van der Waals surface area contributed by atoms with Crippen molar-refractivity contribution in [3.8, 4) is 0 Å². The van der Waals surface area contributed by atoms with E-state index in [1.807, 2.05) is 0 Å². The molecule has 0 saturated heterocycles. The third kappa shape index (κ3) is 13.8. The first-order valence-corrected chi connectivity index (χ1v) is 5.87. The molecule has 7 nitrogen and oxygen atoms in total. The molecule has 17 heavy (non-hydrogen) atoms. The van der Waals surface area contributed by atoms with Gasteiger partial charge in [0.2, 0.25) is 0 Å². The molecule has 0 saturated carbocycles. The van der Waals surface area contributed by atoms with Gasteiger partial charge in [-0.1, -0.05) is 13.3 Å². The van der Waals surface area contributed by atoms with Gasteiger partial charge in [0, 0.05) is 0 Å². The first kappa shape index (κ1) is 22.1. The van der Waals surface area contributed by atoms with Crippen LogP contribution in [0.4, 0.5) is 0 Å². The molecule has 9 heteroatoms. The van der Waals surface area contributed by atoms with Crippen molar-refractivity contribution in [1.82, 2.24) is 0 Å². The number of rotatable bonds is 5. The number of aliphatic carboxylic acids is 2. The van der Waals surface area contributed by atoms with Gasteiger partial charge in [0.1, 0.15) is 0 Å². The van der Waals surface area contributed by atoms with Crippen LogP contribution in [-0.2, 0) is 19.7 Å². The van der Waals surface area contributed by atoms with Crippen molar-refractivity contribution in [2.24, 2.45) is 0 Å². The average Bonchev–Trinajstić information content (AvgIpc) is 2.12. The molecule has 0 radical (unpaired) electrons. The second-order valence-corrected chi connectivity index (χ2v) is 4.39. The summed E-state index contributed by atoms with van der Waals surface area (Å²) in [6, 6.07) is 0. The van der Waals surface area contributed by atoms with Crippen LogP contribution in [-0.4, -0.2) is 40.4 Å². The van der Waals surface area contributed by atoms with Gasteiger partial charge in [-0.3, -0.25) is 14.1 Å². The Kier molecular flexibility index (Phi) is 14.2. The molecule has 1 atom stereocenters. The quantitative estimate of drug-likeness (QED) is 0.286. The van der Waals surface area contributed by atoms with Crippen molar-refractivity contribution in [3.63, 3.8) is 0 Å². The third-order valence-corrected chi connectivity index (χ3v) is 2.44. The number of carboxylic acid groups (broad SMARTS) is 2. The van der Waals surface area contributed by atoms with Crippen LogP contribution in [0.1, 0.15) is 26.2 Å². The van der Waals surface area contributed by atoms with Crippen LogP contribution in [0, 0.1) is 6.92 Å². The second-order valence-electron chi connectivity index (χ2n) is 2.79. The fraction of sp³-hybridized carbons (Fsp3) is 0.625. The van der Waals surface area contributed by atoms with E-state index in [0.29, 0.717) is 0 Å². The SMILES string of the molecule is O=C(O)CC(C(=O)O)S(=O)(=O)O.[CH2-]CCC.[Na+]. The zero-order valence-corrected chi connectivity index (χ0v) is 12.6. The summed E-state index contributed by atoms with van der Waals surface area (Å²) < 4.78 is 28.7. The van der Waals surface area contributed by atoms with Crippen LogP contribution in [0.15, 0.2) is 0 Å². The van der Waals surface area contributed by atoms with Gasteiger partial charge < -0.3 is 17.1 Å². The van der Waals surface area contributed by atoms with E-state index in [2.05, 4.69) is 13.8 Å². The summed E-state index contributed by atoms with van der Waals surface area (Å²) in [5, 5.41) is 13.9. The first-order chi connectivity index (χ1) is 7.16. The van der Waals surface area contributed by atoms with Crippen molar-refractivity contribution in [3.05, 3.63) is 6.92 Å². The van der Waals surface area contributed by atoms with Crippen molar-refractivity contribution in [1.29, 1.82) is 0 Å². The Labute approximate surface area is 122 Å². The van der Waals surface area contributed by atoms with Gasteiger partial charge in [0.15, 0.2) is 5.25 Å². The number of hydrogen-bond acceptors (Lipinski definition) is 4. The second kappa shape index (κ2) is 11.0. The molecule has 0 spiro atoms.